The first kappa shape index (κ1) is 14.6. The first-order valence-corrected chi connectivity index (χ1v) is 7.41. The van der Waals surface area contributed by atoms with E-state index in [1.165, 1.54) is 0 Å². The lowest BCUT2D eigenvalue weighted by Gasteiger charge is -2.23. The van der Waals surface area contributed by atoms with Gasteiger partial charge >= 0.3 is 6.03 Å². The second-order valence-electron chi connectivity index (χ2n) is 5.38. The van der Waals surface area contributed by atoms with Crippen LogP contribution >= 0.6 is 11.8 Å². The Labute approximate surface area is 108 Å². The molecule has 1 rings (SSSR count). The number of hydrogen-bond acceptors (Lipinski definition) is 3. The lowest BCUT2D eigenvalue weighted by Crippen LogP contribution is -2.48. The monoisotopic (exact) mass is 260 g/mol. The summed E-state index contributed by atoms with van der Waals surface area (Å²) in [6.07, 6.45) is 1.73. The van der Waals surface area contributed by atoms with Gasteiger partial charge in [-0.2, -0.15) is 11.8 Å². The highest BCUT2D eigenvalue weighted by atomic mass is 32.2. The Balaban J connectivity index is 2.20. The maximum atomic E-state index is 11.6. The van der Waals surface area contributed by atoms with Gasteiger partial charge in [0.25, 0.3) is 0 Å². The van der Waals surface area contributed by atoms with Crippen molar-refractivity contribution >= 4 is 17.8 Å². The van der Waals surface area contributed by atoms with Gasteiger partial charge in [0.15, 0.2) is 0 Å². The number of rotatable bonds is 5. The molecule has 0 bridgehead atoms. The van der Waals surface area contributed by atoms with Crippen LogP contribution in [0.2, 0.25) is 0 Å². The maximum Gasteiger partial charge on any atom is 0.315 e. The van der Waals surface area contributed by atoms with Crippen LogP contribution in [0.1, 0.15) is 33.6 Å². The normalized spacial score (nSPS) is 25.9. The third-order valence-corrected chi connectivity index (χ3v) is 4.10. The average Bonchev–Trinajstić information content (AvgIpc) is 2.61. The topological polar surface area (TPSA) is 61.4 Å². The highest BCUT2D eigenvalue weighted by Gasteiger charge is 2.31. The average molecular weight is 260 g/mol. The van der Waals surface area contributed by atoms with Gasteiger partial charge in [-0.3, -0.25) is 0 Å². The van der Waals surface area contributed by atoms with Crippen molar-refractivity contribution < 1.29 is 9.90 Å². The Kier molecular flexibility index (Phi) is 5.59. The number of hydrogen-bond donors (Lipinski definition) is 3. The van der Waals surface area contributed by atoms with E-state index in [1.54, 1.807) is 11.8 Å². The fourth-order valence-electron chi connectivity index (χ4n) is 2.02. The quantitative estimate of drug-likeness (QED) is 0.703. The molecule has 1 aliphatic heterocycles. The molecule has 0 aromatic heterocycles. The van der Waals surface area contributed by atoms with Crippen molar-refractivity contribution in [2.75, 3.05) is 18.1 Å². The van der Waals surface area contributed by atoms with E-state index in [9.17, 15) is 9.90 Å². The molecule has 0 aromatic rings. The second kappa shape index (κ2) is 6.50. The van der Waals surface area contributed by atoms with Gasteiger partial charge in [-0.25, -0.2) is 4.79 Å². The van der Waals surface area contributed by atoms with Crippen LogP contribution in [0, 0.1) is 5.92 Å². The summed E-state index contributed by atoms with van der Waals surface area (Å²) in [6.45, 7) is 6.61. The zero-order chi connectivity index (χ0) is 12.9. The van der Waals surface area contributed by atoms with Crippen LogP contribution in [-0.2, 0) is 0 Å². The Morgan fingerprint density at radius 1 is 1.47 bits per heavy atom. The van der Waals surface area contributed by atoms with E-state index in [-0.39, 0.29) is 12.1 Å². The first-order chi connectivity index (χ1) is 7.91. The number of nitrogens with one attached hydrogen (secondary N) is 2. The molecule has 1 saturated heterocycles. The summed E-state index contributed by atoms with van der Waals surface area (Å²) in [4.78, 5) is 11.6. The molecule has 2 amide bonds. The molecule has 1 aliphatic rings. The predicted molar refractivity (Wildman–Crippen MR) is 72.3 cm³/mol. The summed E-state index contributed by atoms with van der Waals surface area (Å²) < 4.78 is 0. The SMILES string of the molecule is CC(C)CC(C)NC(=O)NCC1(O)CCSC1. The highest BCUT2D eigenvalue weighted by molar-refractivity contribution is 7.99. The standard InChI is InChI=1S/C12H24N2O2S/c1-9(2)6-10(3)14-11(15)13-7-12(16)4-5-17-8-12/h9-10,16H,4-8H2,1-3H3,(H2,13,14,15). The molecule has 0 aromatic carbocycles. The van der Waals surface area contributed by atoms with E-state index in [4.69, 9.17) is 0 Å². The Hall–Kier alpha value is -0.420. The molecule has 3 N–H and O–H groups in total. The molecule has 1 heterocycles. The van der Waals surface area contributed by atoms with Gasteiger partial charge < -0.3 is 15.7 Å². The smallest absolute Gasteiger partial charge is 0.315 e. The van der Waals surface area contributed by atoms with Crippen LogP contribution in [0.25, 0.3) is 0 Å². The Morgan fingerprint density at radius 2 is 2.18 bits per heavy atom. The van der Waals surface area contributed by atoms with Crippen molar-refractivity contribution in [3.8, 4) is 0 Å². The van der Waals surface area contributed by atoms with Crippen molar-refractivity contribution in [2.45, 2.75) is 45.3 Å². The Bertz CT molecular complexity index is 253. The van der Waals surface area contributed by atoms with Crippen LogP contribution in [-0.4, -0.2) is 40.8 Å². The van der Waals surface area contributed by atoms with Crippen LogP contribution in [0.4, 0.5) is 4.79 Å². The molecule has 1 fully saturated rings. The van der Waals surface area contributed by atoms with Gasteiger partial charge in [0.05, 0.1) is 5.60 Å². The minimum absolute atomic E-state index is 0.169. The van der Waals surface area contributed by atoms with Crippen molar-refractivity contribution in [3.05, 3.63) is 0 Å². The van der Waals surface area contributed by atoms with Crippen molar-refractivity contribution in [1.82, 2.24) is 10.6 Å². The molecular weight excluding hydrogens is 236 g/mol. The molecule has 2 atom stereocenters. The lowest BCUT2D eigenvalue weighted by atomic mass is 10.0. The summed E-state index contributed by atoms with van der Waals surface area (Å²) >= 11 is 1.73. The largest absolute Gasteiger partial charge is 0.387 e. The fraction of sp³-hybridized carbons (Fsp3) is 0.917. The summed E-state index contributed by atoms with van der Waals surface area (Å²) in [5.41, 5.74) is -0.705. The zero-order valence-electron chi connectivity index (χ0n) is 11.0. The maximum absolute atomic E-state index is 11.6. The van der Waals surface area contributed by atoms with Crippen molar-refractivity contribution in [2.24, 2.45) is 5.92 Å². The van der Waals surface area contributed by atoms with Crippen molar-refractivity contribution in [3.63, 3.8) is 0 Å². The van der Waals surface area contributed by atoms with Crippen LogP contribution in [0.5, 0.6) is 0 Å². The second-order valence-corrected chi connectivity index (χ2v) is 6.49. The molecule has 4 nitrogen and oxygen atoms in total. The van der Waals surface area contributed by atoms with Gasteiger partial charge in [0.2, 0.25) is 0 Å². The molecule has 17 heavy (non-hydrogen) atoms. The van der Waals surface area contributed by atoms with E-state index in [0.717, 1.165) is 24.3 Å². The molecule has 5 heteroatoms. The van der Waals surface area contributed by atoms with Crippen LogP contribution < -0.4 is 10.6 Å². The van der Waals surface area contributed by atoms with Gasteiger partial charge in [-0.1, -0.05) is 13.8 Å². The summed E-state index contributed by atoms with van der Waals surface area (Å²) in [7, 11) is 0. The zero-order valence-corrected chi connectivity index (χ0v) is 11.8. The van der Waals surface area contributed by atoms with E-state index in [2.05, 4.69) is 24.5 Å². The molecule has 0 spiro atoms. The summed E-state index contributed by atoms with van der Waals surface area (Å²) in [6, 6.07) is -0.00827. The third-order valence-electron chi connectivity index (χ3n) is 2.86. The molecule has 0 saturated carbocycles. The van der Waals surface area contributed by atoms with Gasteiger partial charge in [0.1, 0.15) is 0 Å². The number of aliphatic hydroxyl groups is 1. The van der Waals surface area contributed by atoms with Gasteiger partial charge in [-0.15, -0.1) is 0 Å². The lowest BCUT2D eigenvalue weighted by molar-refractivity contribution is 0.0698. The number of thioether (sulfide) groups is 1. The Morgan fingerprint density at radius 3 is 2.71 bits per heavy atom. The van der Waals surface area contributed by atoms with E-state index in [1.807, 2.05) is 6.92 Å². The third kappa shape index (κ3) is 5.64. The van der Waals surface area contributed by atoms with E-state index < -0.39 is 5.60 Å². The van der Waals surface area contributed by atoms with Crippen LogP contribution in [0.15, 0.2) is 0 Å². The minimum Gasteiger partial charge on any atom is -0.387 e. The predicted octanol–water partition coefficient (Wildman–Crippen LogP) is 1.59. The minimum atomic E-state index is -0.705. The van der Waals surface area contributed by atoms with E-state index >= 15 is 0 Å². The van der Waals surface area contributed by atoms with Crippen LogP contribution in [0.3, 0.4) is 0 Å². The number of carbonyl (C=O) groups excluding carboxylic acids is 1. The van der Waals surface area contributed by atoms with Gasteiger partial charge in [0, 0.05) is 18.3 Å². The summed E-state index contributed by atoms with van der Waals surface area (Å²) in [5.74, 6) is 2.26. The molecule has 100 valence electrons. The molecule has 2 unspecified atom stereocenters. The van der Waals surface area contributed by atoms with Crippen molar-refractivity contribution in [1.29, 1.82) is 0 Å². The van der Waals surface area contributed by atoms with E-state index in [0.29, 0.717) is 12.5 Å². The molecule has 0 radical (unpaired) electrons. The number of carbonyl (C=O) groups is 1. The first-order valence-electron chi connectivity index (χ1n) is 6.26. The number of urea groups is 1. The number of amides is 2. The molecule has 0 aliphatic carbocycles. The summed E-state index contributed by atoms with van der Waals surface area (Å²) in [5, 5.41) is 15.7. The fourth-order valence-corrected chi connectivity index (χ4v) is 3.32. The highest BCUT2D eigenvalue weighted by Crippen LogP contribution is 2.26. The van der Waals surface area contributed by atoms with Gasteiger partial charge in [-0.05, 0) is 31.4 Å². The molecular formula is C12H24N2O2S.